The summed E-state index contributed by atoms with van der Waals surface area (Å²) in [6, 6.07) is 6.52. The van der Waals surface area contributed by atoms with Crippen LogP contribution in [0.25, 0.3) is 0 Å². The van der Waals surface area contributed by atoms with Crippen LogP contribution < -0.4 is 10.1 Å². The number of para-hydroxylation sites is 2. The maximum Gasteiger partial charge on any atom is 0.341 e. The quantitative estimate of drug-likeness (QED) is 0.861. The molecule has 7 nitrogen and oxygen atoms in total. The van der Waals surface area contributed by atoms with Crippen molar-refractivity contribution in [3.63, 3.8) is 0 Å². The molecule has 7 heteroatoms. The molecule has 0 radical (unpaired) electrons. The molecule has 1 amide bonds. The minimum atomic E-state index is -1.10. The van der Waals surface area contributed by atoms with E-state index < -0.39 is 18.5 Å². The van der Waals surface area contributed by atoms with E-state index in [0.29, 0.717) is 11.4 Å². The summed E-state index contributed by atoms with van der Waals surface area (Å²) in [6.45, 7) is 1.15. The van der Waals surface area contributed by atoms with Crippen molar-refractivity contribution in [1.29, 1.82) is 0 Å². The van der Waals surface area contributed by atoms with Gasteiger partial charge in [0, 0.05) is 0 Å². The second kappa shape index (κ2) is 5.87. The first-order valence-corrected chi connectivity index (χ1v) is 5.73. The van der Waals surface area contributed by atoms with E-state index in [1.54, 1.807) is 31.2 Å². The molecule has 0 bridgehead atoms. The number of benzene rings is 1. The Balaban J connectivity index is 2.15. The number of carboxylic acid groups (broad SMARTS) is 1. The highest BCUT2D eigenvalue weighted by atomic mass is 16.5. The van der Waals surface area contributed by atoms with Crippen molar-refractivity contribution in [3.05, 3.63) is 42.1 Å². The van der Waals surface area contributed by atoms with Crippen LogP contribution >= 0.6 is 0 Å². The lowest BCUT2D eigenvalue weighted by atomic mass is 10.2. The molecule has 0 saturated heterocycles. The number of carbonyl (C=O) groups is 2. The minimum Gasteiger partial charge on any atom is -0.480 e. The molecule has 2 aromatic rings. The zero-order chi connectivity index (χ0) is 14.5. The molecule has 0 aliphatic rings. The standard InChI is InChI=1S/C13H12N2O5/c1-8-12(20-7-14-8)13(18)15-9-4-2-3-5-10(9)19-6-11(16)17/h2-5,7H,6H2,1H3,(H,15,18)(H,16,17). The largest absolute Gasteiger partial charge is 0.480 e. The van der Waals surface area contributed by atoms with E-state index in [0.717, 1.165) is 0 Å². The number of anilines is 1. The Morgan fingerprint density at radius 3 is 2.80 bits per heavy atom. The molecular formula is C13H12N2O5. The van der Waals surface area contributed by atoms with Crippen molar-refractivity contribution in [2.75, 3.05) is 11.9 Å². The number of amides is 1. The normalized spacial score (nSPS) is 10.1. The summed E-state index contributed by atoms with van der Waals surface area (Å²) < 4.78 is 10.1. The number of nitrogens with zero attached hydrogens (tertiary/aromatic N) is 1. The first-order chi connectivity index (χ1) is 9.58. The molecule has 2 rings (SSSR count). The Morgan fingerprint density at radius 2 is 2.15 bits per heavy atom. The van der Waals surface area contributed by atoms with Crippen LogP contribution in [0.1, 0.15) is 16.2 Å². The summed E-state index contributed by atoms with van der Waals surface area (Å²) >= 11 is 0. The lowest BCUT2D eigenvalue weighted by molar-refractivity contribution is -0.139. The van der Waals surface area contributed by atoms with Crippen LogP contribution in [0.15, 0.2) is 35.1 Å². The Hall–Kier alpha value is -2.83. The summed E-state index contributed by atoms with van der Waals surface area (Å²) in [4.78, 5) is 26.3. The molecule has 0 saturated carbocycles. The van der Waals surface area contributed by atoms with Crippen molar-refractivity contribution in [2.24, 2.45) is 0 Å². The van der Waals surface area contributed by atoms with Gasteiger partial charge >= 0.3 is 5.97 Å². The molecule has 104 valence electrons. The van der Waals surface area contributed by atoms with E-state index in [9.17, 15) is 9.59 Å². The van der Waals surface area contributed by atoms with Gasteiger partial charge in [-0.3, -0.25) is 4.79 Å². The van der Waals surface area contributed by atoms with Crippen LogP contribution in [0.2, 0.25) is 0 Å². The summed E-state index contributed by atoms with van der Waals surface area (Å²) in [5.74, 6) is -1.22. The van der Waals surface area contributed by atoms with Crippen LogP contribution in [-0.2, 0) is 4.79 Å². The minimum absolute atomic E-state index is 0.0954. The van der Waals surface area contributed by atoms with Gasteiger partial charge < -0.3 is 19.6 Å². The third-order valence-corrected chi connectivity index (χ3v) is 2.44. The van der Waals surface area contributed by atoms with Gasteiger partial charge in [-0.25, -0.2) is 9.78 Å². The predicted octanol–water partition coefficient (Wildman–Crippen LogP) is 1.70. The summed E-state index contributed by atoms with van der Waals surface area (Å²) in [7, 11) is 0. The molecule has 20 heavy (non-hydrogen) atoms. The third kappa shape index (κ3) is 3.14. The number of carboxylic acids is 1. The average Bonchev–Trinajstić information content (AvgIpc) is 2.84. The van der Waals surface area contributed by atoms with Crippen molar-refractivity contribution >= 4 is 17.6 Å². The van der Waals surface area contributed by atoms with E-state index >= 15 is 0 Å². The van der Waals surface area contributed by atoms with Crippen LogP contribution in [0.4, 0.5) is 5.69 Å². The fraction of sp³-hybridized carbons (Fsp3) is 0.154. The molecule has 0 aliphatic heterocycles. The molecule has 0 fully saturated rings. The first-order valence-electron chi connectivity index (χ1n) is 5.73. The van der Waals surface area contributed by atoms with Crippen molar-refractivity contribution in [3.8, 4) is 5.75 Å². The molecule has 0 aliphatic carbocycles. The predicted molar refractivity (Wildman–Crippen MR) is 68.8 cm³/mol. The molecule has 1 heterocycles. The van der Waals surface area contributed by atoms with E-state index in [-0.39, 0.29) is 11.5 Å². The highest BCUT2D eigenvalue weighted by Gasteiger charge is 2.16. The van der Waals surface area contributed by atoms with Gasteiger partial charge in [0.1, 0.15) is 5.75 Å². The smallest absolute Gasteiger partial charge is 0.341 e. The number of ether oxygens (including phenoxy) is 1. The summed E-state index contributed by atoms with van der Waals surface area (Å²) in [6.07, 6.45) is 1.18. The van der Waals surface area contributed by atoms with E-state index in [1.807, 2.05) is 0 Å². The summed E-state index contributed by atoms with van der Waals surface area (Å²) in [5, 5.41) is 11.2. The van der Waals surface area contributed by atoms with Crippen molar-refractivity contribution in [2.45, 2.75) is 6.92 Å². The number of aryl methyl sites for hydroxylation is 1. The number of aromatic nitrogens is 1. The van der Waals surface area contributed by atoms with Gasteiger partial charge in [-0.15, -0.1) is 0 Å². The number of carbonyl (C=O) groups excluding carboxylic acids is 1. The van der Waals surface area contributed by atoms with Gasteiger partial charge in [0.25, 0.3) is 5.91 Å². The molecule has 2 N–H and O–H groups in total. The second-order valence-electron chi connectivity index (χ2n) is 3.90. The monoisotopic (exact) mass is 276 g/mol. The van der Waals surface area contributed by atoms with Crippen LogP contribution in [0.3, 0.4) is 0 Å². The Labute approximate surface area is 114 Å². The number of rotatable bonds is 5. The SMILES string of the molecule is Cc1ncoc1C(=O)Nc1ccccc1OCC(=O)O. The van der Waals surface area contributed by atoms with E-state index in [4.69, 9.17) is 14.3 Å². The van der Waals surface area contributed by atoms with Crippen LogP contribution in [0, 0.1) is 6.92 Å². The highest BCUT2D eigenvalue weighted by Crippen LogP contribution is 2.24. The fourth-order valence-electron chi connectivity index (χ4n) is 1.53. The molecule has 1 aromatic carbocycles. The Morgan fingerprint density at radius 1 is 1.40 bits per heavy atom. The van der Waals surface area contributed by atoms with Gasteiger partial charge in [-0.1, -0.05) is 12.1 Å². The molecule has 0 unspecified atom stereocenters. The van der Waals surface area contributed by atoms with Gasteiger partial charge in [0.05, 0.1) is 11.4 Å². The maximum absolute atomic E-state index is 12.0. The highest BCUT2D eigenvalue weighted by molar-refractivity contribution is 6.03. The Bertz CT molecular complexity index is 635. The topological polar surface area (TPSA) is 102 Å². The van der Waals surface area contributed by atoms with Crippen LogP contribution in [0.5, 0.6) is 5.75 Å². The van der Waals surface area contributed by atoms with Crippen molar-refractivity contribution in [1.82, 2.24) is 4.98 Å². The lowest BCUT2D eigenvalue weighted by Gasteiger charge is -2.10. The number of hydrogen-bond acceptors (Lipinski definition) is 5. The second-order valence-corrected chi connectivity index (χ2v) is 3.90. The van der Waals surface area contributed by atoms with Gasteiger partial charge in [0.15, 0.2) is 13.0 Å². The number of hydrogen-bond donors (Lipinski definition) is 2. The average molecular weight is 276 g/mol. The number of oxazole rings is 1. The van der Waals surface area contributed by atoms with Gasteiger partial charge in [-0.2, -0.15) is 0 Å². The van der Waals surface area contributed by atoms with Crippen LogP contribution in [-0.4, -0.2) is 28.6 Å². The molecule has 0 atom stereocenters. The molecule has 0 spiro atoms. The first kappa shape index (κ1) is 13.6. The van der Waals surface area contributed by atoms with E-state index in [1.165, 1.54) is 6.39 Å². The number of aliphatic carboxylic acids is 1. The fourth-order valence-corrected chi connectivity index (χ4v) is 1.53. The lowest BCUT2D eigenvalue weighted by Crippen LogP contribution is -2.15. The third-order valence-electron chi connectivity index (χ3n) is 2.44. The van der Waals surface area contributed by atoms with Crippen molar-refractivity contribution < 1.29 is 23.8 Å². The van der Waals surface area contributed by atoms with Gasteiger partial charge in [-0.05, 0) is 19.1 Å². The maximum atomic E-state index is 12.0. The zero-order valence-corrected chi connectivity index (χ0v) is 10.6. The summed E-state index contributed by atoms with van der Waals surface area (Å²) in [5.41, 5.74) is 0.820. The van der Waals surface area contributed by atoms with E-state index in [2.05, 4.69) is 10.3 Å². The number of nitrogens with one attached hydrogen (secondary N) is 1. The Kier molecular flexibility index (Phi) is 3.99. The molecular weight excluding hydrogens is 264 g/mol. The zero-order valence-electron chi connectivity index (χ0n) is 10.6. The van der Waals surface area contributed by atoms with Gasteiger partial charge in [0.2, 0.25) is 5.76 Å². The molecule has 1 aromatic heterocycles.